The SMILES string of the molecule is CCCNC(Cc1cccnc1)c1ccc(N(C)C)cc1. The number of aromatic nitrogens is 1. The molecule has 0 radical (unpaired) electrons. The highest BCUT2D eigenvalue weighted by Crippen LogP contribution is 2.21. The molecule has 0 saturated heterocycles. The molecule has 1 N–H and O–H groups in total. The lowest BCUT2D eigenvalue weighted by Crippen LogP contribution is -2.24. The summed E-state index contributed by atoms with van der Waals surface area (Å²) in [4.78, 5) is 6.34. The maximum absolute atomic E-state index is 4.21. The summed E-state index contributed by atoms with van der Waals surface area (Å²) in [7, 11) is 4.13. The van der Waals surface area contributed by atoms with Gasteiger partial charge >= 0.3 is 0 Å². The molecular formula is C18H25N3. The average Bonchev–Trinajstić information content (AvgIpc) is 2.52. The van der Waals surface area contributed by atoms with Gasteiger partial charge in [0.1, 0.15) is 0 Å². The van der Waals surface area contributed by atoms with E-state index in [1.165, 1.54) is 16.8 Å². The largest absolute Gasteiger partial charge is 0.378 e. The summed E-state index contributed by atoms with van der Waals surface area (Å²) in [5, 5.41) is 3.64. The lowest BCUT2D eigenvalue weighted by molar-refractivity contribution is 0.529. The first-order valence-corrected chi connectivity index (χ1v) is 7.60. The van der Waals surface area contributed by atoms with E-state index < -0.39 is 0 Å². The number of hydrogen-bond donors (Lipinski definition) is 1. The first-order valence-electron chi connectivity index (χ1n) is 7.60. The zero-order valence-corrected chi connectivity index (χ0v) is 13.2. The molecule has 1 atom stereocenters. The van der Waals surface area contributed by atoms with E-state index >= 15 is 0 Å². The van der Waals surface area contributed by atoms with Gasteiger partial charge in [0.15, 0.2) is 0 Å². The first kappa shape index (κ1) is 15.5. The summed E-state index contributed by atoms with van der Waals surface area (Å²) in [6, 6.07) is 13.3. The fourth-order valence-corrected chi connectivity index (χ4v) is 2.39. The van der Waals surface area contributed by atoms with E-state index in [0.29, 0.717) is 6.04 Å². The van der Waals surface area contributed by atoms with E-state index in [0.717, 1.165) is 19.4 Å². The Balaban J connectivity index is 2.14. The van der Waals surface area contributed by atoms with Crippen LogP contribution in [0.1, 0.15) is 30.5 Å². The number of nitrogens with zero attached hydrogens (tertiary/aromatic N) is 2. The van der Waals surface area contributed by atoms with Crippen LogP contribution < -0.4 is 10.2 Å². The molecule has 0 bridgehead atoms. The summed E-state index contributed by atoms with van der Waals surface area (Å²) < 4.78 is 0. The molecule has 3 nitrogen and oxygen atoms in total. The summed E-state index contributed by atoms with van der Waals surface area (Å²) in [5.74, 6) is 0. The zero-order valence-electron chi connectivity index (χ0n) is 13.2. The van der Waals surface area contributed by atoms with Crippen molar-refractivity contribution in [2.45, 2.75) is 25.8 Å². The highest BCUT2D eigenvalue weighted by Gasteiger charge is 2.11. The van der Waals surface area contributed by atoms with Gasteiger partial charge in [-0.2, -0.15) is 0 Å². The average molecular weight is 283 g/mol. The van der Waals surface area contributed by atoms with Gasteiger partial charge in [-0.3, -0.25) is 4.98 Å². The van der Waals surface area contributed by atoms with Crippen molar-refractivity contribution in [3.05, 3.63) is 59.9 Å². The summed E-state index contributed by atoms with van der Waals surface area (Å²) in [6.45, 7) is 3.23. The molecule has 0 aliphatic carbocycles. The lowest BCUT2D eigenvalue weighted by atomic mass is 9.99. The van der Waals surface area contributed by atoms with E-state index in [1.54, 1.807) is 0 Å². The Morgan fingerprint density at radius 1 is 1.14 bits per heavy atom. The Kier molecular flexibility index (Phi) is 5.76. The summed E-state index contributed by atoms with van der Waals surface area (Å²) >= 11 is 0. The minimum atomic E-state index is 0.338. The molecule has 1 aromatic heterocycles. The molecular weight excluding hydrogens is 258 g/mol. The Labute approximate surface area is 128 Å². The van der Waals surface area contributed by atoms with Gasteiger partial charge < -0.3 is 10.2 Å². The van der Waals surface area contributed by atoms with Gasteiger partial charge in [-0.05, 0) is 48.7 Å². The minimum absolute atomic E-state index is 0.338. The maximum Gasteiger partial charge on any atom is 0.0361 e. The van der Waals surface area contributed by atoms with Crippen LogP contribution in [0, 0.1) is 0 Å². The number of benzene rings is 1. The first-order chi connectivity index (χ1) is 10.2. The molecule has 0 saturated carbocycles. The van der Waals surface area contributed by atoms with Gasteiger partial charge in [-0.25, -0.2) is 0 Å². The topological polar surface area (TPSA) is 28.2 Å². The molecule has 0 amide bonds. The fraction of sp³-hybridized carbons (Fsp3) is 0.389. The molecule has 0 spiro atoms. The normalized spacial score (nSPS) is 12.1. The minimum Gasteiger partial charge on any atom is -0.378 e. The van der Waals surface area contributed by atoms with E-state index in [-0.39, 0.29) is 0 Å². The summed E-state index contributed by atoms with van der Waals surface area (Å²) in [6.07, 6.45) is 5.88. The fourth-order valence-electron chi connectivity index (χ4n) is 2.39. The van der Waals surface area contributed by atoms with Crippen molar-refractivity contribution in [2.75, 3.05) is 25.5 Å². The van der Waals surface area contributed by atoms with E-state index in [4.69, 9.17) is 0 Å². The molecule has 1 heterocycles. The van der Waals surface area contributed by atoms with Crippen LogP contribution in [0.25, 0.3) is 0 Å². The molecule has 0 aliphatic rings. The van der Waals surface area contributed by atoms with Crippen LogP contribution in [0.5, 0.6) is 0 Å². The quantitative estimate of drug-likeness (QED) is 0.844. The molecule has 0 aliphatic heterocycles. The van der Waals surface area contributed by atoms with Crippen LogP contribution in [0.3, 0.4) is 0 Å². The molecule has 1 unspecified atom stereocenters. The zero-order chi connectivity index (χ0) is 15.1. The monoisotopic (exact) mass is 283 g/mol. The number of hydrogen-bond acceptors (Lipinski definition) is 3. The third-order valence-corrected chi connectivity index (χ3v) is 3.62. The molecule has 3 heteroatoms. The van der Waals surface area contributed by atoms with Gasteiger partial charge in [0.25, 0.3) is 0 Å². The number of anilines is 1. The van der Waals surface area contributed by atoms with Crippen molar-refractivity contribution < 1.29 is 0 Å². The van der Waals surface area contributed by atoms with Crippen molar-refractivity contribution in [1.29, 1.82) is 0 Å². The van der Waals surface area contributed by atoms with Gasteiger partial charge in [0, 0.05) is 38.2 Å². The molecule has 112 valence electrons. The van der Waals surface area contributed by atoms with Crippen LogP contribution in [0.4, 0.5) is 5.69 Å². The van der Waals surface area contributed by atoms with Crippen molar-refractivity contribution in [3.63, 3.8) is 0 Å². The second kappa shape index (κ2) is 7.79. The van der Waals surface area contributed by atoms with E-state index in [2.05, 4.69) is 66.6 Å². The number of pyridine rings is 1. The van der Waals surface area contributed by atoms with Crippen LogP contribution in [0.15, 0.2) is 48.8 Å². The highest BCUT2D eigenvalue weighted by molar-refractivity contribution is 5.46. The van der Waals surface area contributed by atoms with E-state index in [1.807, 2.05) is 18.5 Å². The van der Waals surface area contributed by atoms with Crippen molar-refractivity contribution in [3.8, 4) is 0 Å². The van der Waals surface area contributed by atoms with Crippen LogP contribution >= 0.6 is 0 Å². The maximum atomic E-state index is 4.21. The molecule has 21 heavy (non-hydrogen) atoms. The van der Waals surface area contributed by atoms with Crippen molar-refractivity contribution in [1.82, 2.24) is 10.3 Å². The van der Waals surface area contributed by atoms with Gasteiger partial charge in [0.2, 0.25) is 0 Å². The van der Waals surface area contributed by atoms with Gasteiger partial charge in [-0.15, -0.1) is 0 Å². The van der Waals surface area contributed by atoms with Crippen LogP contribution in [-0.4, -0.2) is 25.6 Å². The lowest BCUT2D eigenvalue weighted by Gasteiger charge is -2.20. The molecule has 2 rings (SSSR count). The second-order valence-corrected chi connectivity index (χ2v) is 5.56. The van der Waals surface area contributed by atoms with Gasteiger partial charge in [-0.1, -0.05) is 25.1 Å². The van der Waals surface area contributed by atoms with Crippen LogP contribution in [-0.2, 0) is 6.42 Å². The Hall–Kier alpha value is -1.87. The predicted molar refractivity (Wildman–Crippen MR) is 89.7 cm³/mol. The van der Waals surface area contributed by atoms with Crippen molar-refractivity contribution in [2.24, 2.45) is 0 Å². The third-order valence-electron chi connectivity index (χ3n) is 3.62. The Morgan fingerprint density at radius 3 is 2.48 bits per heavy atom. The summed E-state index contributed by atoms with van der Waals surface area (Å²) in [5.41, 5.74) is 3.83. The Bertz CT molecular complexity index is 520. The standard InChI is InChI=1S/C18H25N3/c1-4-11-20-18(13-15-6-5-12-19-14-15)16-7-9-17(10-8-16)21(2)3/h5-10,12,14,18,20H,4,11,13H2,1-3H3. The van der Waals surface area contributed by atoms with E-state index in [9.17, 15) is 0 Å². The smallest absolute Gasteiger partial charge is 0.0361 e. The Morgan fingerprint density at radius 2 is 1.90 bits per heavy atom. The van der Waals surface area contributed by atoms with Crippen LogP contribution in [0.2, 0.25) is 0 Å². The van der Waals surface area contributed by atoms with Gasteiger partial charge in [0.05, 0.1) is 0 Å². The number of nitrogens with one attached hydrogen (secondary N) is 1. The molecule has 0 fully saturated rings. The third kappa shape index (κ3) is 4.57. The molecule has 2 aromatic rings. The second-order valence-electron chi connectivity index (χ2n) is 5.56. The number of rotatable bonds is 7. The predicted octanol–water partition coefficient (Wildman–Crippen LogP) is 3.43. The molecule has 1 aromatic carbocycles. The highest BCUT2D eigenvalue weighted by atomic mass is 15.1. The van der Waals surface area contributed by atoms with Crippen molar-refractivity contribution >= 4 is 5.69 Å².